The topological polar surface area (TPSA) is 58.0 Å². The molecule has 0 radical (unpaired) electrons. The molecule has 0 aliphatic heterocycles. The van der Waals surface area contributed by atoms with E-state index in [9.17, 15) is 9.90 Å². The number of fused-ring (bicyclic) bond motifs is 1. The molecule has 0 aliphatic rings. The molecule has 0 spiro atoms. The quantitative estimate of drug-likeness (QED) is 0.758. The summed E-state index contributed by atoms with van der Waals surface area (Å²) in [6.07, 6.45) is 2.66. The van der Waals surface area contributed by atoms with Gasteiger partial charge in [0.2, 0.25) is 0 Å². The van der Waals surface area contributed by atoms with Gasteiger partial charge in [-0.3, -0.25) is 4.79 Å². The summed E-state index contributed by atoms with van der Waals surface area (Å²) in [5, 5.41) is 11.4. The largest absolute Gasteiger partial charge is 0.507 e. The Labute approximate surface area is 122 Å². The molecule has 1 aromatic carbocycles. The third-order valence-electron chi connectivity index (χ3n) is 4.05. The first kappa shape index (κ1) is 13.5. The molecule has 0 amide bonds. The highest BCUT2D eigenvalue weighted by atomic mass is 16.3. The van der Waals surface area contributed by atoms with Gasteiger partial charge in [-0.1, -0.05) is 19.1 Å². The molecule has 2 aromatic heterocycles. The number of aromatic amines is 1. The van der Waals surface area contributed by atoms with Gasteiger partial charge in [0.25, 0.3) is 5.56 Å². The molecule has 108 valence electrons. The zero-order valence-electron chi connectivity index (χ0n) is 12.4. The Bertz CT molecular complexity index is 888. The van der Waals surface area contributed by atoms with E-state index in [1.165, 1.54) is 0 Å². The SMILES string of the molecule is CCc1c(-c2ccc3ccn(C)c3c2)[nH]c(=O)c(C)c1O. The van der Waals surface area contributed by atoms with E-state index in [1.54, 1.807) is 6.92 Å². The van der Waals surface area contributed by atoms with Gasteiger partial charge in [-0.25, -0.2) is 0 Å². The van der Waals surface area contributed by atoms with Gasteiger partial charge in [-0.15, -0.1) is 0 Å². The highest BCUT2D eigenvalue weighted by Gasteiger charge is 2.14. The highest BCUT2D eigenvalue weighted by molar-refractivity contribution is 5.85. The number of rotatable bonds is 2. The molecule has 0 bridgehead atoms. The minimum absolute atomic E-state index is 0.100. The maximum atomic E-state index is 12.0. The van der Waals surface area contributed by atoms with Gasteiger partial charge in [0, 0.05) is 29.9 Å². The van der Waals surface area contributed by atoms with Gasteiger partial charge in [0.15, 0.2) is 0 Å². The number of benzene rings is 1. The van der Waals surface area contributed by atoms with Gasteiger partial charge >= 0.3 is 0 Å². The zero-order chi connectivity index (χ0) is 15.1. The molecule has 0 saturated carbocycles. The van der Waals surface area contributed by atoms with Gasteiger partial charge in [0.05, 0.1) is 11.3 Å². The summed E-state index contributed by atoms with van der Waals surface area (Å²) in [7, 11) is 1.99. The lowest BCUT2D eigenvalue weighted by Gasteiger charge is -2.12. The van der Waals surface area contributed by atoms with Crippen LogP contribution in [0.4, 0.5) is 0 Å². The van der Waals surface area contributed by atoms with Gasteiger partial charge < -0.3 is 14.7 Å². The molecule has 0 unspecified atom stereocenters. The van der Waals surface area contributed by atoms with E-state index >= 15 is 0 Å². The minimum Gasteiger partial charge on any atom is -0.507 e. The van der Waals surface area contributed by atoms with E-state index in [1.807, 2.05) is 42.9 Å². The molecule has 0 aliphatic carbocycles. The zero-order valence-corrected chi connectivity index (χ0v) is 12.4. The first-order valence-corrected chi connectivity index (χ1v) is 7.03. The monoisotopic (exact) mass is 282 g/mol. The molecular formula is C17H18N2O2. The highest BCUT2D eigenvalue weighted by Crippen LogP contribution is 2.31. The van der Waals surface area contributed by atoms with Gasteiger partial charge in [-0.2, -0.15) is 0 Å². The summed E-state index contributed by atoms with van der Waals surface area (Å²) < 4.78 is 2.04. The number of aryl methyl sites for hydroxylation is 1. The third kappa shape index (κ3) is 2.03. The number of aromatic nitrogens is 2. The van der Waals surface area contributed by atoms with E-state index in [0.29, 0.717) is 17.7 Å². The Morgan fingerprint density at radius 3 is 2.76 bits per heavy atom. The van der Waals surface area contributed by atoms with Crippen LogP contribution in [0.1, 0.15) is 18.1 Å². The van der Waals surface area contributed by atoms with Crippen LogP contribution in [0.5, 0.6) is 5.75 Å². The second-order valence-corrected chi connectivity index (χ2v) is 5.34. The molecule has 0 fully saturated rings. The van der Waals surface area contributed by atoms with Crippen molar-refractivity contribution in [2.45, 2.75) is 20.3 Å². The first-order chi connectivity index (χ1) is 10.0. The van der Waals surface area contributed by atoms with E-state index in [-0.39, 0.29) is 11.3 Å². The molecular weight excluding hydrogens is 264 g/mol. The van der Waals surface area contributed by atoms with Crippen molar-refractivity contribution in [1.82, 2.24) is 9.55 Å². The number of aromatic hydroxyl groups is 1. The molecule has 3 aromatic rings. The van der Waals surface area contributed by atoms with Gasteiger partial charge in [0.1, 0.15) is 5.75 Å². The Morgan fingerprint density at radius 1 is 1.29 bits per heavy atom. The standard InChI is InChI=1S/C17H18N2O2/c1-4-13-15(18-17(21)10(2)16(13)20)12-6-5-11-7-8-19(3)14(11)9-12/h5-9H,4H2,1-3H3,(H2,18,20,21). The number of pyridine rings is 1. The lowest BCUT2D eigenvalue weighted by molar-refractivity contribution is 0.463. The number of H-pyrrole nitrogens is 1. The van der Waals surface area contributed by atoms with Crippen molar-refractivity contribution in [1.29, 1.82) is 0 Å². The van der Waals surface area contributed by atoms with E-state index < -0.39 is 0 Å². The van der Waals surface area contributed by atoms with Crippen molar-refractivity contribution in [3.05, 3.63) is 51.9 Å². The molecule has 4 nitrogen and oxygen atoms in total. The Morgan fingerprint density at radius 2 is 2.05 bits per heavy atom. The summed E-state index contributed by atoms with van der Waals surface area (Å²) in [4.78, 5) is 14.9. The summed E-state index contributed by atoms with van der Waals surface area (Å²) in [6.45, 7) is 3.61. The van der Waals surface area contributed by atoms with Crippen molar-refractivity contribution < 1.29 is 5.11 Å². The summed E-state index contributed by atoms with van der Waals surface area (Å²) in [6, 6.07) is 8.09. The number of nitrogens with one attached hydrogen (secondary N) is 1. The van der Waals surface area contributed by atoms with Crippen LogP contribution in [-0.4, -0.2) is 14.7 Å². The fourth-order valence-corrected chi connectivity index (χ4v) is 2.74. The predicted molar refractivity (Wildman–Crippen MR) is 84.8 cm³/mol. The van der Waals surface area contributed by atoms with Crippen LogP contribution in [0.15, 0.2) is 35.3 Å². The van der Waals surface area contributed by atoms with Crippen LogP contribution in [-0.2, 0) is 13.5 Å². The average molecular weight is 282 g/mol. The van der Waals surface area contributed by atoms with Crippen molar-refractivity contribution in [3.8, 4) is 17.0 Å². The molecule has 2 heterocycles. The second-order valence-electron chi connectivity index (χ2n) is 5.34. The second kappa shape index (κ2) is 4.81. The smallest absolute Gasteiger partial charge is 0.255 e. The van der Waals surface area contributed by atoms with E-state index in [2.05, 4.69) is 11.1 Å². The average Bonchev–Trinajstić information content (AvgIpc) is 2.85. The maximum absolute atomic E-state index is 12.0. The molecule has 4 heteroatoms. The molecule has 3 rings (SSSR count). The summed E-state index contributed by atoms with van der Waals surface area (Å²) >= 11 is 0. The summed E-state index contributed by atoms with van der Waals surface area (Å²) in [5.74, 6) is 0.100. The van der Waals surface area contributed by atoms with Crippen LogP contribution in [0.3, 0.4) is 0 Å². The van der Waals surface area contributed by atoms with Crippen LogP contribution < -0.4 is 5.56 Å². The van der Waals surface area contributed by atoms with Crippen molar-refractivity contribution in [2.75, 3.05) is 0 Å². The van der Waals surface area contributed by atoms with Crippen molar-refractivity contribution in [2.24, 2.45) is 7.05 Å². The molecule has 0 saturated heterocycles. The van der Waals surface area contributed by atoms with E-state index in [0.717, 1.165) is 22.0 Å². The molecule has 21 heavy (non-hydrogen) atoms. The lowest BCUT2D eigenvalue weighted by atomic mass is 10.0. The third-order valence-corrected chi connectivity index (χ3v) is 4.05. The lowest BCUT2D eigenvalue weighted by Crippen LogP contribution is -2.13. The fraction of sp³-hybridized carbons (Fsp3) is 0.235. The van der Waals surface area contributed by atoms with Crippen LogP contribution >= 0.6 is 0 Å². The van der Waals surface area contributed by atoms with E-state index in [4.69, 9.17) is 0 Å². The molecule has 0 atom stereocenters. The maximum Gasteiger partial charge on any atom is 0.255 e. The Hall–Kier alpha value is -2.49. The first-order valence-electron chi connectivity index (χ1n) is 7.03. The number of hydrogen-bond donors (Lipinski definition) is 2. The fourth-order valence-electron chi connectivity index (χ4n) is 2.74. The predicted octanol–water partition coefficient (Wildman–Crippen LogP) is 3.11. The Kier molecular flexibility index (Phi) is 3.09. The van der Waals surface area contributed by atoms with Crippen molar-refractivity contribution in [3.63, 3.8) is 0 Å². The van der Waals surface area contributed by atoms with Crippen LogP contribution in [0, 0.1) is 6.92 Å². The minimum atomic E-state index is -0.244. The normalized spacial score (nSPS) is 11.2. The van der Waals surface area contributed by atoms with Gasteiger partial charge in [-0.05, 0) is 30.9 Å². The number of nitrogens with zero attached hydrogens (tertiary/aromatic N) is 1. The molecule has 2 N–H and O–H groups in total. The summed E-state index contributed by atoms with van der Waals surface area (Å²) in [5.41, 5.74) is 3.61. The van der Waals surface area contributed by atoms with Crippen LogP contribution in [0.25, 0.3) is 22.2 Å². The Balaban J connectivity index is 2.31. The number of hydrogen-bond acceptors (Lipinski definition) is 2. The van der Waals surface area contributed by atoms with Crippen molar-refractivity contribution >= 4 is 10.9 Å². The van der Waals surface area contributed by atoms with Crippen LogP contribution in [0.2, 0.25) is 0 Å².